The normalized spacial score (nSPS) is 12.7. The molecule has 2 N–H and O–H groups in total. The lowest BCUT2D eigenvalue weighted by molar-refractivity contribution is 0.116. The number of nitrogens with two attached hydrogens (primary N) is 1. The van der Waals surface area contributed by atoms with Crippen molar-refractivity contribution >= 4 is 0 Å². The van der Waals surface area contributed by atoms with Gasteiger partial charge in [0, 0.05) is 31.0 Å². The monoisotopic (exact) mass is 209 g/mol. The summed E-state index contributed by atoms with van der Waals surface area (Å²) in [6.07, 6.45) is 3.55. The third-order valence-corrected chi connectivity index (χ3v) is 1.87. The van der Waals surface area contributed by atoms with Crippen LogP contribution in [0.3, 0.4) is 0 Å². The molecule has 0 bridgehead atoms. The van der Waals surface area contributed by atoms with Crippen molar-refractivity contribution < 1.29 is 4.74 Å². The van der Waals surface area contributed by atoms with Crippen molar-refractivity contribution in [1.29, 1.82) is 0 Å². The summed E-state index contributed by atoms with van der Waals surface area (Å²) in [6.45, 7) is 5.28. The van der Waals surface area contributed by atoms with Gasteiger partial charge in [0.15, 0.2) is 5.82 Å². The van der Waals surface area contributed by atoms with Gasteiger partial charge >= 0.3 is 0 Å². The first kappa shape index (κ1) is 12.1. The van der Waals surface area contributed by atoms with Gasteiger partial charge < -0.3 is 10.5 Å². The predicted molar refractivity (Wildman–Crippen MR) is 59.3 cm³/mol. The Kier molecular flexibility index (Phi) is 5.21. The van der Waals surface area contributed by atoms with Crippen LogP contribution in [0.1, 0.15) is 31.8 Å². The van der Waals surface area contributed by atoms with E-state index in [2.05, 4.69) is 16.9 Å². The Morgan fingerprint density at radius 2 is 2.33 bits per heavy atom. The first-order valence-corrected chi connectivity index (χ1v) is 5.36. The molecule has 0 aliphatic heterocycles. The highest BCUT2D eigenvalue weighted by Gasteiger charge is 2.02. The number of rotatable bonds is 6. The van der Waals surface area contributed by atoms with Crippen molar-refractivity contribution in [3.05, 3.63) is 23.8 Å². The van der Waals surface area contributed by atoms with Crippen LogP contribution in [-0.4, -0.2) is 22.6 Å². The third kappa shape index (κ3) is 4.85. The maximum absolute atomic E-state index is 5.70. The highest BCUT2D eigenvalue weighted by Crippen LogP contribution is 2.00. The number of aromatic nitrogens is 2. The van der Waals surface area contributed by atoms with Gasteiger partial charge in [-0.15, -0.1) is 0 Å². The molecule has 0 amide bonds. The molecule has 1 aromatic rings. The molecule has 1 atom stereocenters. The van der Waals surface area contributed by atoms with E-state index in [-0.39, 0.29) is 6.04 Å². The summed E-state index contributed by atoms with van der Waals surface area (Å²) < 4.78 is 5.37. The molecule has 15 heavy (non-hydrogen) atoms. The van der Waals surface area contributed by atoms with Gasteiger partial charge in [0.25, 0.3) is 0 Å². The molecule has 0 saturated carbocycles. The molecular weight excluding hydrogens is 190 g/mol. The minimum atomic E-state index is 0.129. The van der Waals surface area contributed by atoms with Gasteiger partial charge in [-0.05, 0) is 19.4 Å². The zero-order chi connectivity index (χ0) is 11.1. The predicted octanol–water partition coefficient (Wildman–Crippen LogP) is 1.29. The first-order valence-electron chi connectivity index (χ1n) is 5.36. The van der Waals surface area contributed by atoms with Crippen LogP contribution in [0.15, 0.2) is 12.3 Å². The lowest BCUT2D eigenvalue weighted by atomic mass is 10.2. The van der Waals surface area contributed by atoms with Crippen molar-refractivity contribution in [3.63, 3.8) is 0 Å². The summed E-state index contributed by atoms with van der Waals surface area (Å²) in [4.78, 5) is 8.51. The SMILES string of the molecule is CCCOCc1nccc(CC(C)N)n1. The Labute approximate surface area is 90.9 Å². The summed E-state index contributed by atoms with van der Waals surface area (Å²) in [5.41, 5.74) is 6.69. The van der Waals surface area contributed by atoms with Crippen molar-refractivity contribution in [2.24, 2.45) is 5.73 Å². The average molecular weight is 209 g/mol. The van der Waals surface area contributed by atoms with E-state index in [9.17, 15) is 0 Å². The molecular formula is C11H19N3O. The summed E-state index contributed by atoms with van der Waals surface area (Å²) >= 11 is 0. The number of hydrogen-bond acceptors (Lipinski definition) is 4. The van der Waals surface area contributed by atoms with Gasteiger partial charge in [-0.25, -0.2) is 9.97 Å². The second kappa shape index (κ2) is 6.48. The minimum Gasteiger partial charge on any atom is -0.373 e. The van der Waals surface area contributed by atoms with Crippen LogP contribution in [0.25, 0.3) is 0 Å². The molecule has 0 aliphatic rings. The minimum absolute atomic E-state index is 0.129. The maximum atomic E-state index is 5.70. The Morgan fingerprint density at radius 1 is 1.53 bits per heavy atom. The van der Waals surface area contributed by atoms with Gasteiger partial charge in [-0.3, -0.25) is 0 Å². The van der Waals surface area contributed by atoms with Crippen molar-refractivity contribution in [3.8, 4) is 0 Å². The van der Waals surface area contributed by atoms with E-state index < -0.39 is 0 Å². The van der Waals surface area contributed by atoms with Gasteiger partial charge in [0.1, 0.15) is 6.61 Å². The van der Waals surface area contributed by atoms with Crippen molar-refractivity contribution in [2.45, 2.75) is 39.3 Å². The Morgan fingerprint density at radius 3 is 3.00 bits per heavy atom. The molecule has 0 saturated heterocycles. The zero-order valence-corrected chi connectivity index (χ0v) is 9.44. The molecule has 1 heterocycles. The van der Waals surface area contributed by atoms with Crippen LogP contribution in [-0.2, 0) is 17.8 Å². The van der Waals surface area contributed by atoms with Crippen LogP contribution < -0.4 is 5.73 Å². The third-order valence-electron chi connectivity index (χ3n) is 1.87. The molecule has 84 valence electrons. The highest BCUT2D eigenvalue weighted by atomic mass is 16.5. The van der Waals surface area contributed by atoms with E-state index in [0.29, 0.717) is 6.61 Å². The second-order valence-corrected chi connectivity index (χ2v) is 3.70. The fourth-order valence-electron chi connectivity index (χ4n) is 1.26. The molecule has 1 rings (SSSR count). The van der Waals surface area contributed by atoms with E-state index in [1.807, 2.05) is 13.0 Å². The van der Waals surface area contributed by atoms with E-state index in [4.69, 9.17) is 10.5 Å². The van der Waals surface area contributed by atoms with Gasteiger partial charge in [0.2, 0.25) is 0 Å². The van der Waals surface area contributed by atoms with Gasteiger partial charge in [-0.2, -0.15) is 0 Å². The summed E-state index contributed by atoms with van der Waals surface area (Å²) in [7, 11) is 0. The summed E-state index contributed by atoms with van der Waals surface area (Å²) in [5.74, 6) is 0.738. The Balaban J connectivity index is 2.50. The van der Waals surface area contributed by atoms with Crippen LogP contribution >= 0.6 is 0 Å². The lowest BCUT2D eigenvalue weighted by Gasteiger charge is -2.06. The first-order chi connectivity index (χ1) is 7.22. The molecule has 0 spiro atoms. The zero-order valence-electron chi connectivity index (χ0n) is 9.44. The molecule has 1 aromatic heterocycles. The van der Waals surface area contributed by atoms with E-state index >= 15 is 0 Å². The van der Waals surface area contributed by atoms with Crippen molar-refractivity contribution in [2.75, 3.05) is 6.61 Å². The van der Waals surface area contributed by atoms with Crippen LogP contribution in [0, 0.1) is 0 Å². The Bertz CT molecular complexity index is 289. The van der Waals surface area contributed by atoms with Gasteiger partial charge in [0.05, 0.1) is 0 Å². The molecule has 1 unspecified atom stereocenters. The molecule has 0 radical (unpaired) electrons. The molecule has 0 aliphatic carbocycles. The highest BCUT2D eigenvalue weighted by molar-refractivity contribution is 5.03. The lowest BCUT2D eigenvalue weighted by Crippen LogP contribution is -2.19. The standard InChI is InChI=1S/C11H19N3O/c1-3-6-15-8-11-13-5-4-10(14-11)7-9(2)12/h4-5,9H,3,6-8,12H2,1-2H3. The summed E-state index contributed by atoms with van der Waals surface area (Å²) in [6, 6.07) is 2.02. The van der Waals surface area contributed by atoms with Crippen LogP contribution in [0.5, 0.6) is 0 Å². The van der Waals surface area contributed by atoms with E-state index in [0.717, 1.165) is 31.0 Å². The maximum Gasteiger partial charge on any atom is 0.154 e. The molecule has 4 heteroatoms. The Hall–Kier alpha value is -1.00. The van der Waals surface area contributed by atoms with Crippen molar-refractivity contribution in [1.82, 2.24) is 9.97 Å². The topological polar surface area (TPSA) is 61.0 Å². The summed E-state index contributed by atoms with van der Waals surface area (Å²) in [5, 5.41) is 0. The molecule has 4 nitrogen and oxygen atoms in total. The number of nitrogens with zero attached hydrogens (tertiary/aromatic N) is 2. The number of ether oxygens (including phenoxy) is 1. The van der Waals surface area contributed by atoms with Crippen LogP contribution in [0.4, 0.5) is 0 Å². The van der Waals surface area contributed by atoms with Crippen LogP contribution in [0.2, 0.25) is 0 Å². The second-order valence-electron chi connectivity index (χ2n) is 3.70. The van der Waals surface area contributed by atoms with E-state index in [1.165, 1.54) is 0 Å². The van der Waals surface area contributed by atoms with E-state index in [1.54, 1.807) is 6.20 Å². The fraction of sp³-hybridized carbons (Fsp3) is 0.636. The average Bonchev–Trinajstić information content (AvgIpc) is 2.18. The fourth-order valence-corrected chi connectivity index (χ4v) is 1.26. The quantitative estimate of drug-likeness (QED) is 0.717. The largest absolute Gasteiger partial charge is 0.373 e. The number of hydrogen-bond donors (Lipinski definition) is 1. The molecule has 0 aromatic carbocycles. The van der Waals surface area contributed by atoms with Gasteiger partial charge in [-0.1, -0.05) is 6.92 Å². The molecule has 0 fully saturated rings. The smallest absolute Gasteiger partial charge is 0.154 e.